The number of hydrogen-bond acceptors (Lipinski definition) is 3. The molecule has 1 saturated carbocycles. The molecule has 0 aromatic carbocycles. The molecule has 0 aliphatic heterocycles. The van der Waals surface area contributed by atoms with E-state index in [0.29, 0.717) is 6.10 Å². The number of aromatic nitrogens is 1. The Labute approximate surface area is 104 Å². The molecule has 0 saturated heterocycles. The lowest BCUT2D eigenvalue weighted by Crippen LogP contribution is -2.21. The zero-order valence-corrected chi connectivity index (χ0v) is 10.6. The molecule has 1 aromatic heterocycles. The fraction of sp³-hybridized carbons (Fsp3) is 0.643. The molecular weight excluding hydrogens is 212 g/mol. The van der Waals surface area contributed by atoms with Crippen LogP contribution < -0.4 is 10.1 Å². The minimum atomic E-state index is 0.409. The van der Waals surface area contributed by atoms with E-state index in [4.69, 9.17) is 4.74 Å². The van der Waals surface area contributed by atoms with Crippen LogP contribution in [0, 0.1) is 0 Å². The van der Waals surface area contributed by atoms with Gasteiger partial charge >= 0.3 is 0 Å². The average Bonchev–Trinajstić information content (AvgIpc) is 2.39. The first-order chi connectivity index (χ1) is 8.40. The third-order valence-electron chi connectivity index (χ3n) is 3.27. The zero-order chi connectivity index (χ0) is 11.9. The van der Waals surface area contributed by atoms with Gasteiger partial charge in [0.1, 0.15) is 5.75 Å². The molecule has 1 aromatic rings. The molecule has 0 amide bonds. The number of ether oxygens (including phenoxy) is 1. The van der Waals surface area contributed by atoms with E-state index >= 15 is 0 Å². The van der Waals surface area contributed by atoms with Crippen molar-refractivity contribution >= 4 is 0 Å². The second-order valence-electron chi connectivity index (χ2n) is 4.64. The lowest BCUT2D eigenvalue weighted by molar-refractivity contribution is 0.153. The van der Waals surface area contributed by atoms with E-state index in [0.717, 1.165) is 18.8 Å². The quantitative estimate of drug-likeness (QED) is 0.850. The minimum absolute atomic E-state index is 0.409. The highest BCUT2D eigenvalue weighted by molar-refractivity contribution is 5.30. The molecule has 1 aliphatic carbocycles. The van der Waals surface area contributed by atoms with Gasteiger partial charge in [0.05, 0.1) is 6.10 Å². The standard InChI is InChI=1S/C14H22N2O/c1-2-15-10-12-11-16-9-8-14(12)17-13-6-4-3-5-7-13/h8-9,11,13,15H,2-7,10H2,1H3. The summed E-state index contributed by atoms with van der Waals surface area (Å²) >= 11 is 0. The van der Waals surface area contributed by atoms with Crippen molar-refractivity contribution in [1.82, 2.24) is 10.3 Å². The van der Waals surface area contributed by atoms with Crippen LogP contribution in [0.2, 0.25) is 0 Å². The van der Waals surface area contributed by atoms with Gasteiger partial charge in [-0.2, -0.15) is 0 Å². The van der Waals surface area contributed by atoms with Crippen LogP contribution in [-0.4, -0.2) is 17.6 Å². The van der Waals surface area contributed by atoms with Gasteiger partial charge < -0.3 is 10.1 Å². The normalized spacial score (nSPS) is 17.0. The van der Waals surface area contributed by atoms with Gasteiger partial charge in [-0.1, -0.05) is 13.3 Å². The average molecular weight is 234 g/mol. The van der Waals surface area contributed by atoms with Crippen molar-refractivity contribution in [2.45, 2.75) is 51.7 Å². The Morgan fingerprint density at radius 3 is 2.94 bits per heavy atom. The molecule has 1 N–H and O–H groups in total. The van der Waals surface area contributed by atoms with E-state index in [1.807, 2.05) is 18.5 Å². The Morgan fingerprint density at radius 1 is 1.35 bits per heavy atom. The number of pyridine rings is 1. The molecule has 0 spiro atoms. The van der Waals surface area contributed by atoms with Gasteiger partial charge in [-0.05, 0) is 38.3 Å². The van der Waals surface area contributed by atoms with Gasteiger partial charge in [0.15, 0.2) is 0 Å². The van der Waals surface area contributed by atoms with E-state index < -0.39 is 0 Å². The monoisotopic (exact) mass is 234 g/mol. The largest absolute Gasteiger partial charge is 0.490 e. The highest BCUT2D eigenvalue weighted by atomic mass is 16.5. The third kappa shape index (κ3) is 3.70. The van der Waals surface area contributed by atoms with Crippen LogP contribution in [0.25, 0.3) is 0 Å². The SMILES string of the molecule is CCNCc1cnccc1OC1CCCCC1. The van der Waals surface area contributed by atoms with Crippen molar-refractivity contribution in [3.63, 3.8) is 0 Å². The number of nitrogens with one attached hydrogen (secondary N) is 1. The van der Waals surface area contributed by atoms with Crippen LogP contribution in [0.1, 0.15) is 44.6 Å². The molecule has 1 aliphatic rings. The molecule has 94 valence electrons. The minimum Gasteiger partial charge on any atom is -0.490 e. The van der Waals surface area contributed by atoms with Gasteiger partial charge in [0.25, 0.3) is 0 Å². The van der Waals surface area contributed by atoms with Crippen molar-refractivity contribution in [3.05, 3.63) is 24.0 Å². The molecule has 0 radical (unpaired) electrons. The lowest BCUT2D eigenvalue weighted by Gasteiger charge is -2.24. The first-order valence-corrected chi connectivity index (χ1v) is 6.70. The Bertz CT molecular complexity index is 335. The van der Waals surface area contributed by atoms with Crippen LogP contribution in [0.5, 0.6) is 5.75 Å². The second-order valence-corrected chi connectivity index (χ2v) is 4.64. The van der Waals surface area contributed by atoms with E-state index in [2.05, 4.69) is 17.2 Å². The summed E-state index contributed by atoms with van der Waals surface area (Å²) in [5.41, 5.74) is 1.17. The topological polar surface area (TPSA) is 34.2 Å². The Kier molecular flexibility index (Phi) is 4.80. The highest BCUT2D eigenvalue weighted by Crippen LogP contribution is 2.25. The third-order valence-corrected chi connectivity index (χ3v) is 3.27. The molecule has 1 heterocycles. The van der Waals surface area contributed by atoms with Crippen LogP contribution in [0.3, 0.4) is 0 Å². The van der Waals surface area contributed by atoms with Gasteiger partial charge in [-0.3, -0.25) is 4.98 Å². The maximum atomic E-state index is 6.10. The van der Waals surface area contributed by atoms with Crippen LogP contribution in [0.15, 0.2) is 18.5 Å². The van der Waals surface area contributed by atoms with Crippen LogP contribution in [0.4, 0.5) is 0 Å². The van der Waals surface area contributed by atoms with Gasteiger partial charge in [0, 0.05) is 24.5 Å². The smallest absolute Gasteiger partial charge is 0.127 e. The molecule has 17 heavy (non-hydrogen) atoms. The number of rotatable bonds is 5. The Morgan fingerprint density at radius 2 is 2.18 bits per heavy atom. The molecule has 0 unspecified atom stereocenters. The van der Waals surface area contributed by atoms with Gasteiger partial charge in [-0.25, -0.2) is 0 Å². The number of nitrogens with zero attached hydrogens (tertiary/aromatic N) is 1. The first kappa shape index (κ1) is 12.4. The van der Waals surface area contributed by atoms with Crippen molar-refractivity contribution in [2.24, 2.45) is 0 Å². The summed E-state index contributed by atoms with van der Waals surface area (Å²) in [6, 6.07) is 1.99. The van der Waals surface area contributed by atoms with E-state index in [9.17, 15) is 0 Å². The molecule has 2 rings (SSSR count). The summed E-state index contributed by atoms with van der Waals surface area (Å²) in [4.78, 5) is 4.17. The van der Waals surface area contributed by atoms with Crippen LogP contribution in [-0.2, 0) is 6.54 Å². The van der Waals surface area contributed by atoms with E-state index in [-0.39, 0.29) is 0 Å². The number of hydrogen-bond donors (Lipinski definition) is 1. The Balaban J connectivity index is 1.98. The van der Waals surface area contributed by atoms with Gasteiger partial charge in [0.2, 0.25) is 0 Å². The van der Waals surface area contributed by atoms with Crippen molar-refractivity contribution in [3.8, 4) is 5.75 Å². The summed E-state index contributed by atoms with van der Waals surface area (Å²) in [6.45, 7) is 3.92. The Hall–Kier alpha value is -1.09. The predicted molar refractivity (Wildman–Crippen MR) is 69.1 cm³/mol. The maximum absolute atomic E-state index is 6.10. The maximum Gasteiger partial charge on any atom is 0.127 e. The van der Waals surface area contributed by atoms with Crippen LogP contribution >= 0.6 is 0 Å². The fourth-order valence-electron chi connectivity index (χ4n) is 2.28. The molecular formula is C14H22N2O. The predicted octanol–water partition coefficient (Wildman–Crippen LogP) is 2.90. The van der Waals surface area contributed by atoms with Crippen molar-refractivity contribution in [1.29, 1.82) is 0 Å². The van der Waals surface area contributed by atoms with E-state index in [1.54, 1.807) is 0 Å². The zero-order valence-electron chi connectivity index (χ0n) is 10.6. The summed E-state index contributed by atoms with van der Waals surface area (Å²) in [5, 5.41) is 3.32. The van der Waals surface area contributed by atoms with Crippen molar-refractivity contribution < 1.29 is 4.74 Å². The molecule has 0 atom stereocenters. The van der Waals surface area contributed by atoms with E-state index in [1.165, 1.54) is 37.7 Å². The second kappa shape index (κ2) is 6.60. The van der Waals surface area contributed by atoms with Crippen molar-refractivity contribution in [2.75, 3.05) is 6.54 Å². The first-order valence-electron chi connectivity index (χ1n) is 6.70. The summed E-state index contributed by atoms with van der Waals surface area (Å²) in [7, 11) is 0. The summed E-state index contributed by atoms with van der Waals surface area (Å²) in [5.74, 6) is 1.01. The molecule has 3 heteroatoms. The molecule has 3 nitrogen and oxygen atoms in total. The molecule has 1 fully saturated rings. The highest BCUT2D eigenvalue weighted by Gasteiger charge is 2.16. The molecule has 0 bridgehead atoms. The lowest BCUT2D eigenvalue weighted by atomic mass is 9.98. The van der Waals surface area contributed by atoms with Gasteiger partial charge in [-0.15, -0.1) is 0 Å². The fourth-order valence-corrected chi connectivity index (χ4v) is 2.28. The summed E-state index contributed by atoms with van der Waals surface area (Å²) in [6.07, 6.45) is 10.5. The summed E-state index contributed by atoms with van der Waals surface area (Å²) < 4.78 is 6.10.